The lowest BCUT2D eigenvalue weighted by Crippen LogP contribution is -1.87. The van der Waals surface area contributed by atoms with Crippen LogP contribution in [0.4, 0.5) is 0 Å². The van der Waals surface area contributed by atoms with Crippen LogP contribution < -0.4 is 0 Å². The van der Waals surface area contributed by atoms with Crippen molar-refractivity contribution in [1.82, 2.24) is 0 Å². The fraction of sp³-hybridized carbons (Fsp3) is 0.200. The van der Waals surface area contributed by atoms with Crippen molar-refractivity contribution in [3.63, 3.8) is 0 Å². The van der Waals surface area contributed by atoms with E-state index in [2.05, 4.69) is 0 Å². The summed E-state index contributed by atoms with van der Waals surface area (Å²) in [7, 11) is 0. The second kappa shape index (κ2) is 4.13. The van der Waals surface area contributed by atoms with Crippen molar-refractivity contribution >= 4 is 0 Å². The molecule has 0 bridgehead atoms. The van der Waals surface area contributed by atoms with Gasteiger partial charge >= 0.3 is 0 Å². The van der Waals surface area contributed by atoms with Crippen LogP contribution in [0.15, 0.2) is 30.3 Å². The van der Waals surface area contributed by atoms with Gasteiger partial charge in [0.2, 0.25) is 0 Å². The molecule has 2 nitrogen and oxygen atoms in total. The maximum absolute atomic E-state index is 9.63. The van der Waals surface area contributed by atoms with Gasteiger partial charge in [-0.15, -0.1) is 0 Å². The van der Waals surface area contributed by atoms with E-state index in [-0.39, 0.29) is 0 Å². The van der Waals surface area contributed by atoms with Gasteiger partial charge in [0.25, 0.3) is 0 Å². The van der Waals surface area contributed by atoms with Crippen LogP contribution >= 0.6 is 0 Å². The number of hydrogen-bond acceptors (Lipinski definition) is 2. The first kappa shape index (κ1) is 11.5. The highest BCUT2D eigenvalue weighted by atomic mass is 16.3. The Kier molecular flexibility index (Phi) is 2.80. The van der Waals surface area contributed by atoms with Gasteiger partial charge in [0, 0.05) is 0 Å². The Morgan fingerprint density at radius 2 is 1.35 bits per heavy atom. The predicted molar refractivity (Wildman–Crippen MR) is 69.4 cm³/mol. The number of rotatable bonds is 1. The summed E-state index contributed by atoms with van der Waals surface area (Å²) in [5.74, 6) is 0.628. The van der Waals surface area contributed by atoms with Crippen LogP contribution in [0.25, 0.3) is 11.1 Å². The number of aryl methyl sites for hydroxylation is 3. The minimum atomic E-state index is 0.307. The molecule has 0 unspecified atom stereocenters. The van der Waals surface area contributed by atoms with E-state index in [1.165, 1.54) is 0 Å². The van der Waals surface area contributed by atoms with Crippen molar-refractivity contribution in [2.75, 3.05) is 0 Å². The van der Waals surface area contributed by atoms with Crippen LogP contribution in [0.3, 0.4) is 0 Å². The number of aromatic hydroxyl groups is 2. The Balaban J connectivity index is 2.60. The second-order valence-electron chi connectivity index (χ2n) is 4.45. The zero-order valence-corrected chi connectivity index (χ0v) is 10.3. The Morgan fingerprint density at radius 1 is 0.706 bits per heavy atom. The maximum Gasteiger partial charge on any atom is 0.118 e. The molecule has 0 aliphatic carbocycles. The Morgan fingerprint density at radius 3 is 2.00 bits per heavy atom. The third-order valence-corrected chi connectivity index (χ3v) is 3.05. The molecule has 88 valence electrons. The molecule has 17 heavy (non-hydrogen) atoms. The van der Waals surface area contributed by atoms with Gasteiger partial charge in [-0.1, -0.05) is 6.07 Å². The number of phenolic OH excluding ortho intramolecular Hbond substituents is 2. The summed E-state index contributed by atoms with van der Waals surface area (Å²) in [4.78, 5) is 0. The molecular weight excluding hydrogens is 212 g/mol. The molecule has 0 aliphatic rings. The number of benzene rings is 2. The Bertz CT molecular complexity index is 571. The van der Waals surface area contributed by atoms with Gasteiger partial charge in [0.05, 0.1) is 0 Å². The minimum Gasteiger partial charge on any atom is -0.508 e. The van der Waals surface area contributed by atoms with Crippen molar-refractivity contribution in [3.8, 4) is 22.6 Å². The van der Waals surface area contributed by atoms with Crippen molar-refractivity contribution in [1.29, 1.82) is 0 Å². The Labute approximate surface area is 101 Å². The average molecular weight is 228 g/mol. The van der Waals surface area contributed by atoms with Gasteiger partial charge in [-0.2, -0.15) is 0 Å². The van der Waals surface area contributed by atoms with Gasteiger partial charge in [-0.3, -0.25) is 0 Å². The zero-order chi connectivity index (χ0) is 12.6. The van der Waals surface area contributed by atoms with Crippen LogP contribution in [0.2, 0.25) is 0 Å². The number of hydrogen-bond donors (Lipinski definition) is 2. The topological polar surface area (TPSA) is 40.5 Å². The predicted octanol–water partition coefficient (Wildman–Crippen LogP) is 3.69. The summed E-state index contributed by atoms with van der Waals surface area (Å²) >= 11 is 0. The van der Waals surface area contributed by atoms with Gasteiger partial charge < -0.3 is 10.2 Å². The molecule has 0 amide bonds. The first-order valence-electron chi connectivity index (χ1n) is 5.59. The molecule has 2 aromatic rings. The highest BCUT2D eigenvalue weighted by Crippen LogP contribution is 2.31. The molecule has 0 fully saturated rings. The minimum absolute atomic E-state index is 0.307. The first-order chi connectivity index (χ1) is 7.99. The summed E-state index contributed by atoms with van der Waals surface area (Å²) in [5, 5.41) is 19.1. The molecule has 2 heteroatoms. The zero-order valence-electron chi connectivity index (χ0n) is 10.3. The molecule has 0 saturated carbocycles. The summed E-state index contributed by atoms with van der Waals surface area (Å²) in [6, 6.07) is 9.28. The third-order valence-electron chi connectivity index (χ3n) is 3.05. The van der Waals surface area contributed by atoms with Crippen LogP contribution in [0.5, 0.6) is 11.5 Å². The molecule has 0 heterocycles. The highest BCUT2D eigenvalue weighted by Gasteiger charge is 2.07. The fourth-order valence-corrected chi connectivity index (χ4v) is 1.93. The summed E-state index contributed by atoms with van der Waals surface area (Å²) in [6.45, 7) is 5.73. The quantitative estimate of drug-likeness (QED) is 0.781. The molecule has 0 aliphatic heterocycles. The van der Waals surface area contributed by atoms with Crippen molar-refractivity contribution < 1.29 is 10.2 Å². The van der Waals surface area contributed by atoms with Crippen molar-refractivity contribution in [3.05, 3.63) is 47.0 Å². The number of phenols is 2. The lowest BCUT2D eigenvalue weighted by molar-refractivity contribution is 0.470. The van der Waals surface area contributed by atoms with Gasteiger partial charge in [0.15, 0.2) is 0 Å². The molecule has 0 spiro atoms. The van der Waals surface area contributed by atoms with E-state index in [9.17, 15) is 10.2 Å². The van der Waals surface area contributed by atoms with E-state index in [0.717, 1.165) is 27.8 Å². The SMILES string of the molecule is Cc1cc(-c2cc(C)c(O)cc2C)ccc1O. The largest absolute Gasteiger partial charge is 0.508 e. The average Bonchev–Trinajstić information content (AvgIpc) is 2.27. The fourth-order valence-electron chi connectivity index (χ4n) is 1.93. The molecular formula is C15H16O2. The highest BCUT2D eigenvalue weighted by molar-refractivity contribution is 5.70. The molecule has 0 aromatic heterocycles. The maximum atomic E-state index is 9.63. The first-order valence-corrected chi connectivity index (χ1v) is 5.59. The summed E-state index contributed by atoms with van der Waals surface area (Å²) < 4.78 is 0. The van der Waals surface area contributed by atoms with Crippen molar-refractivity contribution in [2.45, 2.75) is 20.8 Å². The van der Waals surface area contributed by atoms with Crippen LogP contribution in [0, 0.1) is 20.8 Å². The summed E-state index contributed by atoms with van der Waals surface area (Å²) in [6.07, 6.45) is 0. The monoisotopic (exact) mass is 228 g/mol. The van der Waals surface area contributed by atoms with E-state index in [1.54, 1.807) is 12.1 Å². The van der Waals surface area contributed by atoms with Gasteiger partial charge in [0.1, 0.15) is 11.5 Å². The van der Waals surface area contributed by atoms with E-state index in [0.29, 0.717) is 11.5 Å². The summed E-state index contributed by atoms with van der Waals surface area (Å²) in [5.41, 5.74) is 4.88. The van der Waals surface area contributed by atoms with Crippen LogP contribution in [-0.2, 0) is 0 Å². The Hall–Kier alpha value is -1.96. The van der Waals surface area contributed by atoms with Crippen LogP contribution in [-0.4, -0.2) is 10.2 Å². The van der Waals surface area contributed by atoms with Crippen LogP contribution in [0.1, 0.15) is 16.7 Å². The molecule has 0 atom stereocenters. The molecule has 2 N–H and O–H groups in total. The van der Waals surface area contributed by atoms with Gasteiger partial charge in [-0.05, 0) is 72.9 Å². The van der Waals surface area contributed by atoms with E-state index >= 15 is 0 Å². The molecule has 2 rings (SSSR count). The molecule has 0 saturated heterocycles. The molecule has 2 aromatic carbocycles. The standard InChI is InChI=1S/C15H16O2/c1-9-8-15(17)11(3)7-13(9)12-4-5-14(16)10(2)6-12/h4-8,16-17H,1-3H3. The smallest absolute Gasteiger partial charge is 0.118 e. The second-order valence-corrected chi connectivity index (χ2v) is 4.45. The lowest BCUT2D eigenvalue weighted by atomic mass is 9.96. The third kappa shape index (κ3) is 2.11. The van der Waals surface area contributed by atoms with Gasteiger partial charge in [-0.25, -0.2) is 0 Å². The normalized spacial score (nSPS) is 10.5. The van der Waals surface area contributed by atoms with E-state index in [1.807, 2.05) is 39.0 Å². The van der Waals surface area contributed by atoms with E-state index < -0.39 is 0 Å². The molecule has 0 radical (unpaired) electrons. The lowest BCUT2D eigenvalue weighted by Gasteiger charge is -2.10. The van der Waals surface area contributed by atoms with Crippen molar-refractivity contribution in [2.24, 2.45) is 0 Å². The van der Waals surface area contributed by atoms with E-state index in [4.69, 9.17) is 0 Å².